The molecule has 0 saturated carbocycles. The van der Waals surface area contributed by atoms with Crippen LogP contribution >= 0.6 is 0 Å². The number of aromatic amines is 1. The molecule has 0 fully saturated rings. The van der Waals surface area contributed by atoms with Crippen molar-refractivity contribution in [2.75, 3.05) is 21.3 Å². The van der Waals surface area contributed by atoms with Gasteiger partial charge in [0.1, 0.15) is 11.4 Å². The smallest absolute Gasteiger partial charge is 0.289 e. The molecule has 8 heteroatoms. The van der Waals surface area contributed by atoms with Gasteiger partial charge in [0.05, 0.1) is 33.2 Å². The Morgan fingerprint density at radius 1 is 1.03 bits per heavy atom. The van der Waals surface area contributed by atoms with Gasteiger partial charge >= 0.3 is 0 Å². The number of hydrogen-bond donors (Lipinski definition) is 2. The number of nitrogens with zero attached hydrogens (tertiary/aromatic N) is 2. The molecule has 0 bridgehead atoms. The topological polar surface area (TPSA) is 97.8 Å². The molecule has 0 aliphatic carbocycles. The Bertz CT molecular complexity index is 1090. The van der Waals surface area contributed by atoms with Crippen LogP contribution in [0.15, 0.2) is 47.6 Å². The van der Waals surface area contributed by atoms with Crippen LogP contribution in [0.1, 0.15) is 35.5 Å². The van der Waals surface area contributed by atoms with Gasteiger partial charge in [-0.1, -0.05) is 38.1 Å². The summed E-state index contributed by atoms with van der Waals surface area (Å²) in [6, 6.07) is 13.3. The number of carbonyl (C=O) groups excluding carboxylic acids is 1. The number of benzene rings is 2. The third kappa shape index (κ3) is 5.46. The number of nitrogens with one attached hydrogen (secondary N) is 2. The molecule has 0 radical (unpaired) electrons. The van der Waals surface area contributed by atoms with E-state index in [0.717, 1.165) is 12.0 Å². The highest BCUT2D eigenvalue weighted by molar-refractivity contribution is 5.94. The van der Waals surface area contributed by atoms with Gasteiger partial charge in [-0.3, -0.25) is 9.89 Å². The van der Waals surface area contributed by atoms with E-state index >= 15 is 0 Å². The molecule has 8 nitrogen and oxygen atoms in total. The Morgan fingerprint density at radius 3 is 2.31 bits per heavy atom. The second-order valence-corrected chi connectivity index (χ2v) is 7.61. The highest BCUT2D eigenvalue weighted by Crippen LogP contribution is 2.33. The minimum Gasteiger partial charge on any atom is -0.496 e. The molecule has 168 valence electrons. The van der Waals surface area contributed by atoms with Gasteiger partial charge in [-0.15, -0.1) is 0 Å². The monoisotopic (exact) mass is 436 g/mol. The summed E-state index contributed by atoms with van der Waals surface area (Å²) in [6.07, 6.45) is 2.50. The highest BCUT2D eigenvalue weighted by atomic mass is 16.5. The largest absolute Gasteiger partial charge is 0.496 e. The van der Waals surface area contributed by atoms with Crippen LogP contribution in [0, 0.1) is 5.92 Å². The molecule has 0 aliphatic rings. The van der Waals surface area contributed by atoms with Crippen molar-refractivity contribution >= 4 is 12.1 Å². The lowest BCUT2D eigenvalue weighted by atomic mass is 10.0. The minimum absolute atomic E-state index is 0.308. The third-order valence-corrected chi connectivity index (χ3v) is 4.82. The normalized spacial score (nSPS) is 11.1. The Balaban J connectivity index is 1.69. The molecule has 3 rings (SSSR count). The van der Waals surface area contributed by atoms with Crippen molar-refractivity contribution in [3.63, 3.8) is 0 Å². The molecule has 2 N–H and O–H groups in total. The molecule has 1 heterocycles. The predicted octanol–water partition coefficient (Wildman–Crippen LogP) is 4.06. The zero-order chi connectivity index (χ0) is 23.1. The van der Waals surface area contributed by atoms with Crippen molar-refractivity contribution in [3.05, 3.63) is 59.3 Å². The van der Waals surface area contributed by atoms with Gasteiger partial charge in [0.2, 0.25) is 0 Å². The van der Waals surface area contributed by atoms with Crippen LogP contribution in [-0.4, -0.2) is 43.6 Å². The van der Waals surface area contributed by atoms with E-state index < -0.39 is 5.91 Å². The maximum absolute atomic E-state index is 12.5. The molecule has 0 unspecified atom stereocenters. The second kappa shape index (κ2) is 10.5. The van der Waals surface area contributed by atoms with E-state index in [9.17, 15) is 4.79 Å². The first-order valence-corrected chi connectivity index (χ1v) is 10.2. The minimum atomic E-state index is -0.407. The summed E-state index contributed by atoms with van der Waals surface area (Å²) in [5.41, 5.74) is 6.33. The predicted molar refractivity (Wildman–Crippen MR) is 124 cm³/mol. The summed E-state index contributed by atoms with van der Waals surface area (Å²) in [5.74, 6) is 1.79. The Labute approximate surface area is 187 Å². The third-order valence-electron chi connectivity index (χ3n) is 4.82. The molecule has 0 aliphatic heterocycles. The molecule has 0 spiro atoms. The van der Waals surface area contributed by atoms with E-state index in [1.165, 1.54) is 11.8 Å². The van der Waals surface area contributed by atoms with E-state index in [1.54, 1.807) is 39.5 Å². The average molecular weight is 437 g/mol. The van der Waals surface area contributed by atoms with Crippen molar-refractivity contribution in [2.24, 2.45) is 11.0 Å². The highest BCUT2D eigenvalue weighted by Gasteiger charge is 2.12. The number of ether oxygens (including phenoxy) is 3. The first kappa shape index (κ1) is 22.9. The van der Waals surface area contributed by atoms with Gasteiger partial charge in [0, 0.05) is 17.2 Å². The van der Waals surface area contributed by atoms with Gasteiger partial charge in [0.15, 0.2) is 11.5 Å². The number of rotatable bonds is 9. The van der Waals surface area contributed by atoms with Gasteiger partial charge in [-0.05, 0) is 30.0 Å². The SMILES string of the molecule is COc1cc(OC)c(OC)cc1/C=N\NC(=O)c1cc(-c2ccc(CC(C)C)cc2)n[nH]1. The summed E-state index contributed by atoms with van der Waals surface area (Å²) in [6.45, 7) is 4.38. The second-order valence-electron chi connectivity index (χ2n) is 7.61. The molecule has 32 heavy (non-hydrogen) atoms. The summed E-state index contributed by atoms with van der Waals surface area (Å²) >= 11 is 0. The van der Waals surface area contributed by atoms with Crippen molar-refractivity contribution in [1.82, 2.24) is 15.6 Å². The lowest BCUT2D eigenvalue weighted by Gasteiger charge is -2.11. The van der Waals surface area contributed by atoms with E-state index in [0.29, 0.717) is 40.1 Å². The molecule has 2 aromatic carbocycles. The van der Waals surface area contributed by atoms with Crippen LogP contribution in [0.5, 0.6) is 17.2 Å². The molecule has 0 atom stereocenters. The molecule has 1 aromatic heterocycles. The fraction of sp³-hybridized carbons (Fsp3) is 0.292. The summed E-state index contributed by atoms with van der Waals surface area (Å²) < 4.78 is 15.9. The van der Waals surface area contributed by atoms with Crippen LogP contribution in [0.25, 0.3) is 11.3 Å². The summed E-state index contributed by atoms with van der Waals surface area (Å²) in [4.78, 5) is 12.5. The summed E-state index contributed by atoms with van der Waals surface area (Å²) in [5, 5.41) is 11.0. The van der Waals surface area contributed by atoms with E-state index in [1.807, 2.05) is 12.1 Å². The maximum Gasteiger partial charge on any atom is 0.289 e. The zero-order valence-corrected chi connectivity index (χ0v) is 18.9. The maximum atomic E-state index is 12.5. The summed E-state index contributed by atoms with van der Waals surface area (Å²) in [7, 11) is 4.63. The number of aromatic nitrogens is 2. The van der Waals surface area contributed by atoms with Crippen molar-refractivity contribution < 1.29 is 19.0 Å². The van der Waals surface area contributed by atoms with Crippen molar-refractivity contribution in [2.45, 2.75) is 20.3 Å². The number of methoxy groups -OCH3 is 3. The quantitative estimate of drug-likeness (QED) is 0.389. The van der Waals surface area contributed by atoms with Crippen LogP contribution in [0.2, 0.25) is 0 Å². The molecule has 3 aromatic rings. The van der Waals surface area contributed by atoms with E-state index in [2.05, 4.69) is 46.7 Å². The molecular formula is C24H28N4O4. The Kier molecular flexibility index (Phi) is 7.49. The van der Waals surface area contributed by atoms with Crippen LogP contribution in [0.4, 0.5) is 0 Å². The molecular weight excluding hydrogens is 408 g/mol. The first-order valence-electron chi connectivity index (χ1n) is 10.2. The average Bonchev–Trinajstić information content (AvgIpc) is 3.29. The van der Waals surface area contributed by atoms with Crippen LogP contribution in [-0.2, 0) is 6.42 Å². The fourth-order valence-electron chi connectivity index (χ4n) is 3.24. The number of carbonyl (C=O) groups is 1. The fourth-order valence-corrected chi connectivity index (χ4v) is 3.24. The first-order chi connectivity index (χ1) is 15.4. The standard InChI is InChI=1S/C24H28N4O4/c1-15(2)10-16-6-8-17(9-7-16)19-12-20(27-26-19)24(29)28-25-14-18-11-22(31-4)23(32-5)13-21(18)30-3/h6-9,11-15H,10H2,1-5H3,(H,26,27)(H,28,29)/b25-14-. The number of H-pyrrole nitrogens is 1. The Hall–Kier alpha value is -3.81. The van der Waals surface area contributed by atoms with Crippen molar-refractivity contribution in [1.29, 1.82) is 0 Å². The lowest BCUT2D eigenvalue weighted by molar-refractivity contribution is 0.0950. The number of hydrazone groups is 1. The van der Waals surface area contributed by atoms with Gasteiger partial charge in [-0.25, -0.2) is 5.43 Å². The van der Waals surface area contributed by atoms with Gasteiger partial charge in [0.25, 0.3) is 5.91 Å². The van der Waals surface area contributed by atoms with E-state index in [-0.39, 0.29) is 0 Å². The number of hydrogen-bond acceptors (Lipinski definition) is 6. The number of amides is 1. The van der Waals surface area contributed by atoms with Crippen LogP contribution in [0.3, 0.4) is 0 Å². The Morgan fingerprint density at radius 2 is 1.69 bits per heavy atom. The molecule has 1 amide bonds. The van der Waals surface area contributed by atoms with Gasteiger partial charge in [-0.2, -0.15) is 10.2 Å². The zero-order valence-electron chi connectivity index (χ0n) is 18.9. The molecule has 0 saturated heterocycles. The van der Waals surface area contributed by atoms with Crippen LogP contribution < -0.4 is 19.6 Å². The lowest BCUT2D eigenvalue weighted by Crippen LogP contribution is -2.18. The van der Waals surface area contributed by atoms with E-state index in [4.69, 9.17) is 14.2 Å². The van der Waals surface area contributed by atoms with Gasteiger partial charge < -0.3 is 14.2 Å². The van der Waals surface area contributed by atoms with Crippen molar-refractivity contribution in [3.8, 4) is 28.5 Å².